The summed E-state index contributed by atoms with van der Waals surface area (Å²) in [6.45, 7) is 6.14. The SMILES string of the molecule is CC(C)(C)Nc1ccc(NC(=O)CN)cn1. The summed E-state index contributed by atoms with van der Waals surface area (Å²) in [6.07, 6.45) is 1.60. The molecule has 0 unspecified atom stereocenters. The van der Waals surface area contributed by atoms with E-state index in [0.717, 1.165) is 5.82 Å². The molecule has 1 aromatic rings. The van der Waals surface area contributed by atoms with Gasteiger partial charge in [-0.3, -0.25) is 4.79 Å². The van der Waals surface area contributed by atoms with Crippen molar-refractivity contribution in [2.75, 3.05) is 17.2 Å². The van der Waals surface area contributed by atoms with Crippen LogP contribution >= 0.6 is 0 Å². The molecule has 16 heavy (non-hydrogen) atoms. The number of rotatable bonds is 3. The third kappa shape index (κ3) is 4.27. The first-order valence-electron chi connectivity index (χ1n) is 5.15. The predicted molar refractivity (Wildman–Crippen MR) is 65.3 cm³/mol. The molecule has 1 amide bonds. The molecule has 1 rings (SSSR count). The molecule has 88 valence electrons. The number of hydrogen-bond acceptors (Lipinski definition) is 4. The molecule has 0 saturated carbocycles. The Hall–Kier alpha value is -1.62. The van der Waals surface area contributed by atoms with Crippen molar-refractivity contribution in [1.82, 2.24) is 4.98 Å². The fourth-order valence-electron chi connectivity index (χ4n) is 1.14. The molecule has 0 aliphatic rings. The van der Waals surface area contributed by atoms with Crippen molar-refractivity contribution in [3.8, 4) is 0 Å². The summed E-state index contributed by atoms with van der Waals surface area (Å²) >= 11 is 0. The zero-order valence-corrected chi connectivity index (χ0v) is 9.87. The Morgan fingerprint density at radius 1 is 1.44 bits per heavy atom. The fourth-order valence-corrected chi connectivity index (χ4v) is 1.14. The molecule has 0 radical (unpaired) electrons. The van der Waals surface area contributed by atoms with Gasteiger partial charge in [-0.05, 0) is 32.9 Å². The monoisotopic (exact) mass is 222 g/mol. The minimum atomic E-state index is -0.224. The van der Waals surface area contributed by atoms with E-state index in [2.05, 4.69) is 36.4 Å². The number of carbonyl (C=O) groups is 1. The predicted octanol–water partition coefficient (Wildman–Crippen LogP) is 1.19. The van der Waals surface area contributed by atoms with E-state index in [1.54, 1.807) is 12.3 Å². The van der Waals surface area contributed by atoms with E-state index in [1.807, 2.05) is 6.07 Å². The lowest BCUT2D eigenvalue weighted by Crippen LogP contribution is -2.26. The van der Waals surface area contributed by atoms with Crippen molar-refractivity contribution < 1.29 is 4.79 Å². The lowest BCUT2D eigenvalue weighted by Gasteiger charge is -2.21. The van der Waals surface area contributed by atoms with Gasteiger partial charge in [0, 0.05) is 5.54 Å². The highest BCUT2D eigenvalue weighted by Crippen LogP contribution is 2.14. The molecule has 0 aromatic carbocycles. The zero-order chi connectivity index (χ0) is 12.2. The smallest absolute Gasteiger partial charge is 0.238 e. The van der Waals surface area contributed by atoms with E-state index in [4.69, 9.17) is 5.73 Å². The van der Waals surface area contributed by atoms with Crippen LogP contribution in [0.3, 0.4) is 0 Å². The number of pyridine rings is 1. The van der Waals surface area contributed by atoms with Crippen LogP contribution in [-0.4, -0.2) is 23.0 Å². The van der Waals surface area contributed by atoms with Gasteiger partial charge in [0.05, 0.1) is 18.4 Å². The Morgan fingerprint density at radius 3 is 2.56 bits per heavy atom. The highest BCUT2D eigenvalue weighted by molar-refractivity contribution is 5.91. The fraction of sp³-hybridized carbons (Fsp3) is 0.455. The third-order valence-electron chi connectivity index (χ3n) is 1.74. The molecule has 5 nitrogen and oxygen atoms in total. The number of anilines is 2. The second-order valence-electron chi connectivity index (χ2n) is 4.56. The Morgan fingerprint density at radius 2 is 2.12 bits per heavy atom. The molecule has 4 N–H and O–H groups in total. The van der Waals surface area contributed by atoms with Crippen LogP contribution in [0.25, 0.3) is 0 Å². The van der Waals surface area contributed by atoms with Crippen molar-refractivity contribution in [1.29, 1.82) is 0 Å². The number of aromatic nitrogens is 1. The highest BCUT2D eigenvalue weighted by Gasteiger charge is 2.09. The molecule has 1 heterocycles. The molecule has 0 bridgehead atoms. The maximum absolute atomic E-state index is 11.0. The molecule has 0 aliphatic heterocycles. The van der Waals surface area contributed by atoms with E-state index in [0.29, 0.717) is 5.69 Å². The minimum absolute atomic E-state index is 0.0258. The molecule has 0 saturated heterocycles. The van der Waals surface area contributed by atoms with Crippen LogP contribution in [0.1, 0.15) is 20.8 Å². The molecular formula is C11H18N4O. The van der Waals surface area contributed by atoms with Gasteiger partial charge in [0.25, 0.3) is 0 Å². The lowest BCUT2D eigenvalue weighted by atomic mass is 10.1. The number of amides is 1. The van der Waals surface area contributed by atoms with E-state index in [-0.39, 0.29) is 18.0 Å². The molecule has 0 spiro atoms. The summed E-state index contributed by atoms with van der Waals surface area (Å²) in [5, 5.41) is 5.85. The third-order valence-corrected chi connectivity index (χ3v) is 1.74. The van der Waals surface area contributed by atoms with Crippen molar-refractivity contribution in [2.45, 2.75) is 26.3 Å². The summed E-state index contributed by atoms with van der Waals surface area (Å²) < 4.78 is 0. The van der Waals surface area contributed by atoms with Gasteiger partial charge in [-0.25, -0.2) is 4.98 Å². The van der Waals surface area contributed by atoms with Gasteiger partial charge in [-0.1, -0.05) is 0 Å². The van der Waals surface area contributed by atoms with Crippen LogP contribution in [0, 0.1) is 0 Å². The maximum atomic E-state index is 11.0. The van der Waals surface area contributed by atoms with Gasteiger partial charge in [-0.2, -0.15) is 0 Å². The molecule has 0 fully saturated rings. The van der Waals surface area contributed by atoms with Gasteiger partial charge in [0.1, 0.15) is 5.82 Å². The van der Waals surface area contributed by atoms with Crippen LogP contribution in [0.4, 0.5) is 11.5 Å². The average Bonchev–Trinajstić information content (AvgIpc) is 2.18. The lowest BCUT2D eigenvalue weighted by molar-refractivity contribution is -0.114. The summed E-state index contributed by atoms with van der Waals surface area (Å²) in [4.78, 5) is 15.2. The van der Waals surface area contributed by atoms with Gasteiger partial charge in [0.2, 0.25) is 5.91 Å². The summed E-state index contributed by atoms with van der Waals surface area (Å²) in [5.41, 5.74) is 5.80. The van der Waals surface area contributed by atoms with E-state index < -0.39 is 0 Å². The quantitative estimate of drug-likeness (QED) is 0.717. The summed E-state index contributed by atoms with van der Waals surface area (Å²) in [7, 11) is 0. The molecule has 5 heteroatoms. The van der Waals surface area contributed by atoms with Gasteiger partial charge < -0.3 is 16.4 Å². The standard InChI is InChI=1S/C11H18N4O/c1-11(2,3)15-9-5-4-8(7-13-9)14-10(16)6-12/h4-5,7H,6,12H2,1-3H3,(H,13,15)(H,14,16). The van der Waals surface area contributed by atoms with Crippen LogP contribution < -0.4 is 16.4 Å². The number of carbonyl (C=O) groups excluding carboxylic acids is 1. The molecular weight excluding hydrogens is 204 g/mol. The average molecular weight is 222 g/mol. The number of nitrogens with two attached hydrogens (primary N) is 1. The van der Waals surface area contributed by atoms with Crippen LogP contribution in [-0.2, 0) is 4.79 Å². The topological polar surface area (TPSA) is 80.0 Å². The highest BCUT2D eigenvalue weighted by atomic mass is 16.1. The van der Waals surface area contributed by atoms with Crippen LogP contribution in [0.5, 0.6) is 0 Å². The molecule has 1 aromatic heterocycles. The van der Waals surface area contributed by atoms with E-state index in [1.165, 1.54) is 0 Å². The zero-order valence-electron chi connectivity index (χ0n) is 9.87. The van der Waals surface area contributed by atoms with E-state index >= 15 is 0 Å². The normalized spacial score (nSPS) is 11.0. The largest absolute Gasteiger partial charge is 0.365 e. The van der Waals surface area contributed by atoms with Gasteiger partial charge >= 0.3 is 0 Å². The van der Waals surface area contributed by atoms with Crippen molar-refractivity contribution in [3.63, 3.8) is 0 Å². The second kappa shape index (κ2) is 4.94. The Kier molecular flexibility index (Phi) is 3.84. The Labute approximate surface area is 95.4 Å². The maximum Gasteiger partial charge on any atom is 0.238 e. The number of nitrogens with one attached hydrogen (secondary N) is 2. The molecule has 0 atom stereocenters. The van der Waals surface area contributed by atoms with Crippen LogP contribution in [0.15, 0.2) is 18.3 Å². The number of hydrogen-bond donors (Lipinski definition) is 3. The van der Waals surface area contributed by atoms with E-state index in [9.17, 15) is 4.79 Å². The number of nitrogens with zero attached hydrogens (tertiary/aromatic N) is 1. The summed E-state index contributed by atoms with van der Waals surface area (Å²) in [5.74, 6) is 0.552. The Balaban J connectivity index is 2.64. The first-order chi connectivity index (χ1) is 7.40. The summed E-state index contributed by atoms with van der Waals surface area (Å²) in [6, 6.07) is 3.60. The molecule has 0 aliphatic carbocycles. The first-order valence-corrected chi connectivity index (χ1v) is 5.15. The van der Waals surface area contributed by atoms with Crippen molar-refractivity contribution in [3.05, 3.63) is 18.3 Å². The van der Waals surface area contributed by atoms with Crippen molar-refractivity contribution in [2.24, 2.45) is 5.73 Å². The Bertz CT molecular complexity index is 353. The van der Waals surface area contributed by atoms with Gasteiger partial charge in [-0.15, -0.1) is 0 Å². The second-order valence-corrected chi connectivity index (χ2v) is 4.56. The van der Waals surface area contributed by atoms with Crippen LogP contribution in [0.2, 0.25) is 0 Å². The van der Waals surface area contributed by atoms with Crippen molar-refractivity contribution >= 4 is 17.4 Å². The first kappa shape index (κ1) is 12.4. The minimum Gasteiger partial charge on any atom is -0.365 e. The van der Waals surface area contributed by atoms with Gasteiger partial charge in [0.15, 0.2) is 0 Å².